The summed E-state index contributed by atoms with van der Waals surface area (Å²) >= 11 is 12.4. The van der Waals surface area contributed by atoms with Crippen LogP contribution in [0.2, 0.25) is 10.0 Å². The summed E-state index contributed by atoms with van der Waals surface area (Å²) in [5.74, 6) is 0. The lowest BCUT2D eigenvalue weighted by Crippen LogP contribution is -2.38. The Morgan fingerprint density at radius 3 is 1.55 bits per heavy atom. The van der Waals surface area contributed by atoms with Crippen molar-refractivity contribution in [3.8, 4) is 0 Å². The van der Waals surface area contributed by atoms with Crippen LogP contribution in [0.15, 0.2) is 24.3 Å². The van der Waals surface area contributed by atoms with Gasteiger partial charge in [-0.25, -0.2) is 4.79 Å². The molecule has 16 heteroatoms. The summed E-state index contributed by atoms with van der Waals surface area (Å²) in [6, 6.07) is 4.41. The van der Waals surface area contributed by atoms with E-state index in [4.69, 9.17) is 34.7 Å². The van der Waals surface area contributed by atoms with Gasteiger partial charge in [-0.2, -0.15) is 0 Å². The molecule has 2 aromatic rings. The molecule has 0 unspecified atom stereocenters. The molecule has 0 aromatic heterocycles. The van der Waals surface area contributed by atoms with Crippen LogP contribution >= 0.6 is 23.2 Å². The third-order valence-corrected chi connectivity index (χ3v) is 6.94. The fraction of sp³-hybridized carbons (Fsp3) is 0.500. The Bertz CT molecular complexity index is 1240. The number of nitrogens with one attached hydrogen (secondary N) is 2. The van der Waals surface area contributed by atoms with E-state index in [-0.39, 0.29) is 70.3 Å². The molecule has 0 atom stereocenters. The largest absolute Gasteiger partial charge is 0.363 e. The Morgan fingerprint density at radius 1 is 0.762 bits per heavy atom. The highest BCUT2D eigenvalue weighted by Gasteiger charge is 2.28. The van der Waals surface area contributed by atoms with E-state index in [0.717, 1.165) is 13.1 Å². The first-order chi connectivity index (χ1) is 20.0. The quantitative estimate of drug-likeness (QED) is 0.141. The van der Waals surface area contributed by atoms with Gasteiger partial charge in [-0.1, -0.05) is 44.0 Å². The number of likely N-dealkylation sites (N-methyl/N-ethyl adjacent to an activating group) is 1. The molecule has 0 saturated carbocycles. The van der Waals surface area contributed by atoms with Gasteiger partial charge in [-0.05, 0) is 31.6 Å². The maximum absolute atomic E-state index is 13.4. The van der Waals surface area contributed by atoms with Gasteiger partial charge >= 0.3 is 6.03 Å². The smallest absolute Gasteiger partial charge is 0.323 e. The molecule has 0 heterocycles. The molecule has 6 N–H and O–H groups in total. The molecule has 0 spiro atoms. The summed E-state index contributed by atoms with van der Waals surface area (Å²) in [4.78, 5) is 41.9. The molecule has 232 valence electrons. The summed E-state index contributed by atoms with van der Waals surface area (Å²) in [7, 11) is 0. The second kappa shape index (κ2) is 16.9. The molecule has 0 saturated heterocycles. The van der Waals surface area contributed by atoms with E-state index >= 15 is 0 Å². The highest BCUT2D eigenvalue weighted by atomic mass is 35.5. The number of anilines is 4. The van der Waals surface area contributed by atoms with Crippen molar-refractivity contribution < 1.29 is 14.6 Å². The number of amides is 2. The third-order valence-electron chi connectivity index (χ3n) is 6.50. The number of hydrogen-bond donors (Lipinski definition) is 4. The lowest BCUT2D eigenvalue weighted by molar-refractivity contribution is -0.384. The van der Waals surface area contributed by atoms with Crippen LogP contribution in [0.4, 0.5) is 38.9 Å². The zero-order valence-electron chi connectivity index (χ0n) is 24.1. The van der Waals surface area contributed by atoms with E-state index in [2.05, 4.69) is 15.5 Å². The standard InChI is InChI=1S/C26H39Cl2N9O5/c1-4-9-34(10-7-29)24-20(14-18(27)16-22(24)36(39)40)31-26(38)32-21-15-19(28)17-23(37(41)42)25(21)35(11-8-30)13-12-33(5-2)6-3/h14-17H,4-13,29-30H2,1-3H3,(H2,31,32,38). The van der Waals surface area contributed by atoms with E-state index < -0.39 is 15.9 Å². The number of halogens is 2. The van der Waals surface area contributed by atoms with Gasteiger partial charge in [0.05, 0.1) is 21.2 Å². The molecule has 0 radical (unpaired) electrons. The fourth-order valence-electron chi connectivity index (χ4n) is 4.63. The molecular weight excluding hydrogens is 589 g/mol. The summed E-state index contributed by atoms with van der Waals surface area (Å²) in [6.07, 6.45) is 0.658. The second-order valence-corrected chi connectivity index (χ2v) is 10.2. The predicted octanol–water partition coefficient (Wildman–Crippen LogP) is 4.74. The Labute approximate surface area is 255 Å². The molecular formula is C26H39Cl2N9O5. The molecule has 2 aromatic carbocycles. The van der Waals surface area contributed by atoms with E-state index in [0.29, 0.717) is 26.1 Å². The summed E-state index contributed by atoms with van der Waals surface area (Å²) in [5.41, 5.74) is 11.5. The SMILES string of the molecule is CCCN(CCN)c1c(NC(=O)Nc2cc(Cl)cc([N+](=O)[O-])c2N(CCN)CCN(CC)CC)cc(Cl)cc1[N+](=O)[O-]. The molecule has 0 aliphatic carbocycles. The zero-order chi connectivity index (χ0) is 31.4. The maximum atomic E-state index is 13.4. The maximum Gasteiger partial charge on any atom is 0.323 e. The third kappa shape index (κ3) is 9.29. The minimum Gasteiger partial charge on any atom is -0.363 e. The van der Waals surface area contributed by atoms with Gasteiger partial charge in [0.15, 0.2) is 0 Å². The van der Waals surface area contributed by atoms with Crippen LogP contribution in [-0.4, -0.2) is 79.7 Å². The van der Waals surface area contributed by atoms with Crippen molar-refractivity contribution in [3.63, 3.8) is 0 Å². The average Bonchev–Trinajstić information content (AvgIpc) is 2.92. The highest BCUT2D eigenvalue weighted by molar-refractivity contribution is 6.32. The lowest BCUT2D eigenvalue weighted by atomic mass is 10.1. The number of nitro groups is 2. The van der Waals surface area contributed by atoms with Crippen LogP contribution in [0, 0.1) is 20.2 Å². The normalized spacial score (nSPS) is 11.0. The minimum absolute atomic E-state index is 0.0355. The zero-order valence-corrected chi connectivity index (χ0v) is 25.6. The van der Waals surface area contributed by atoms with Crippen molar-refractivity contribution in [2.75, 3.05) is 79.3 Å². The fourth-order valence-corrected chi connectivity index (χ4v) is 5.06. The summed E-state index contributed by atoms with van der Waals surface area (Å²) < 4.78 is 0. The Kier molecular flexibility index (Phi) is 14.0. The van der Waals surface area contributed by atoms with Crippen molar-refractivity contribution in [1.29, 1.82) is 0 Å². The summed E-state index contributed by atoms with van der Waals surface area (Å²) in [5, 5.41) is 29.4. The number of carbonyl (C=O) groups excluding carboxylic acids is 1. The number of hydrogen-bond acceptors (Lipinski definition) is 10. The summed E-state index contributed by atoms with van der Waals surface area (Å²) in [6.45, 7) is 9.92. The van der Waals surface area contributed by atoms with E-state index in [1.54, 1.807) is 9.80 Å². The van der Waals surface area contributed by atoms with Crippen molar-refractivity contribution >= 4 is 63.4 Å². The van der Waals surface area contributed by atoms with Gasteiger partial charge in [-0.15, -0.1) is 0 Å². The van der Waals surface area contributed by atoms with Crippen LogP contribution < -0.4 is 31.9 Å². The minimum atomic E-state index is -0.814. The van der Waals surface area contributed by atoms with Crippen molar-refractivity contribution in [2.24, 2.45) is 11.5 Å². The van der Waals surface area contributed by atoms with Crippen LogP contribution in [0.25, 0.3) is 0 Å². The molecule has 2 rings (SSSR count). The number of nitro benzene ring substituents is 2. The molecule has 0 aliphatic rings. The molecule has 42 heavy (non-hydrogen) atoms. The van der Waals surface area contributed by atoms with Crippen LogP contribution in [0.3, 0.4) is 0 Å². The number of carbonyl (C=O) groups is 1. The van der Waals surface area contributed by atoms with Gasteiger partial charge in [0.25, 0.3) is 11.4 Å². The Morgan fingerprint density at radius 2 is 1.19 bits per heavy atom. The monoisotopic (exact) mass is 627 g/mol. The van der Waals surface area contributed by atoms with E-state index in [9.17, 15) is 25.0 Å². The highest BCUT2D eigenvalue weighted by Crippen LogP contribution is 2.41. The molecule has 0 aliphatic heterocycles. The van der Waals surface area contributed by atoms with Crippen LogP contribution in [0.1, 0.15) is 27.2 Å². The Hall–Kier alpha value is -3.43. The predicted molar refractivity (Wildman–Crippen MR) is 169 cm³/mol. The van der Waals surface area contributed by atoms with Gasteiger partial charge < -0.3 is 36.8 Å². The van der Waals surface area contributed by atoms with E-state index in [1.165, 1.54) is 24.3 Å². The first kappa shape index (κ1) is 34.8. The lowest BCUT2D eigenvalue weighted by Gasteiger charge is -2.29. The number of nitrogens with two attached hydrogens (primary N) is 2. The van der Waals surface area contributed by atoms with Crippen molar-refractivity contribution in [3.05, 3.63) is 54.5 Å². The first-order valence-electron chi connectivity index (χ1n) is 13.7. The van der Waals surface area contributed by atoms with Gasteiger partial charge in [0.1, 0.15) is 11.4 Å². The second-order valence-electron chi connectivity index (χ2n) is 9.31. The first-order valence-corrected chi connectivity index (χ1v) is 14.4. The van der Waals surface area contributed by atoms with Crippen LogP contribution in [-0.2, 0) is 0 Å². The number of rotatable bonds is 17. The van der Waals surface area contributed by atoms with Gasteiger partial charge in [-0.3, -0.25) is 20.2 Å². The van der Waals surface area contributed by atoms with Crippen molar-refractivity contribution in [1.82, 2.24) is 4.90 Å². The average molecular weight is 629 g/mol. The Balaban J connectivity index is 2.59. The van der Waals surface area contributed by atoms with Crippen LogP contribution in [0.5, 0.6) is 0 Å². The molecule has 14 nitrogen and oxygen atoms in total. The molecule has 0 bridgehead atoms. The van der Waals surface area contributed by atoms with Gasteiger partial charge in [0.2, 0.25) is 0 Å². The number of nitrogens with zero attached hydrogens (tertiary/aromatic N) is 5. The topological polar surface area (TPSA) is 189 Å². The van der Waals surface area contributed by atoms with Crippen molar-refractivity contribution in [2.45, 2.75) is 27.2 Å². The molecule has 0 fully saturated rings. The number of benzene rings is 2. The molecule has 2 amide bonds. The van der Waals surface area contributed by atoms with E-state index in [1.807, 2.05) is 20.8 Å². The van der Waals surface area contributed by atoms with Gasteiger partial charge in [0, 0.05) is 68.0 Å². The number of urea groups is 1.